The summed E-state index contributed by atoms with van der Waals surface area (Å²) in [6.45, 7) is 0. The number of hydrogen-bond acceptors (Lipinski definition) is 3. The van der Waals surface area contributed by atoms with Crippen LogP contribution >= 0.6 is 11.6 Å². The van der Waals surface area contributed by atoms with E-state index in [4.69, 9.17) is 11.6 Å². The van der Waals surface area contributed by atoms with Gasteiger partial charge < -0.3 is 0 Å². The highest BCUT2D eigenvalue weighted by atomic mass is 35.5. The summed E-state index contributed by atoms with van der Waals surface area (Å²) in [5.41, 5.74) is 0.499. The van der Waals surface area contributed by atoms with Crippen LogP contribution in [0.15, 0.2) is 23.1 Å². The fourth-order valence-corrected chi connectivity index (χ4v) is 4.17. The Balaban J connectivity index is 2.18. The zero-order valence-corrected chi connectivity index (χ0v) is 10.5. The second-order valence-electron chi connectivity index (χ2n) is 4.35. The normalized spacial score (nSPS) is 22.4. The van der Waals surface area contributed by atoms with Crippen molar-refractivity contribution in [3.63, 3.8) is 0 Å². The van der Waals surface area contributed by atoms with E-state index in [0.29, 0.717) is 10.6 Å². The van der Waals surface area contributed by atoms with E-state index in [2.05, 4.69) is 0 Å². The van der Waals surface area contributed by atoms with E-state index in [0.717, 1.165) is 17.1 Å². The first-order valence-corrected chi connectivity index (χ1v) is 7.17. The maximum Gasteiger partial charge on any atom is 0.267 e. The van der Waals surface area contributed by atoms with Crippen LogP contribution in [0.3, 0.4) is 0 Å². The lowest BCUT2D eigenvalue weighted by molar-refractivity contribution is -0.126. The lowest BCUT2D eigenvalue weighted by atomic mass is 10.1. The molecule has 4 nitrogen and oxygen atoms in total. The smallest absolute Gasteiger partial charge is 0.267 e. The lowest BCUT2D eigenvalue weighted by Gasteiger charge is -2.28. The van der Waals surface area contributed by atoms with Crippen LogP contribution < -0.4 is 0 Å². The van der Waals surface area contributed by atoms with Gasteiger partial charge in [0.1, 0.15) is 0 Å². The van der Waals surface area contributed by atoms with Crippen molar-refractivity contribution in [1.29, 1.82) is 0 Å². The molecule has 1 heterocycles. The Morgan fingerprint density at radius 1 is 1.29 bits per heavy atom. The Hall–Kier alpha value is -1.07. The molecule has 2 aliphatic rings. The third kappa shape index (κ3) is 1.65. The number of sulfonamides is 1. The molecule has 1 aliphatic carbocycles. The fraction of sp³-hybridized carbons (Fsp3) is 0.364. The zero-order chi connectivity index (χ0) is 12.2. The van der Waals surface area contributed by atoms with Gasteiger partial charge in [-0.05, 0) is 36.6 Å². The Labute approximate surface area is 104 Å². The van der Waals surface area contributed by atoms with E-state index in [-0.39, 0.29) is 23.3 Å². The number of amides is 1. The third-order valence-electron chi connectivity index (χ3n) is 3.03. The van der Waals surface area contributed by atoms with Gasteiger partial charge in [-0.3, -0.25) is 4.79 Å². The molecular weight excluding hydrogens is 262 g/mol. The number of carbonyl (C=O) groups excluding carboxylic acids is 1. The summed E-state index contributed by atoms with van der Waals surface area (Å²) in [4.78, 5) is 12.1. The van der Waals surface area contributed by atoms with Gasteiger partial charge in [0.25, 0.3) is 10.0 Å². The number of hydrogen-bond donors (Lipinski definition) is 0. The van der Waals surface area contributed by atoms with Crippen LogP contribution in [0.5, 0.6) is 0 Å². The summed E-state index contributed by atoms with van der Waals surface area (Å²) in [5.74, 6) is -0.345. The van der Waals surface area contributed by atoms with Crippen LogP contribution in [0, 0.1) is 0 Å². The molecule has 90 valence electrons. The molecule has 0 spiro atoms. The molecule has 1 aromatic rings. The molecule has 6 heteroatoms. The second-order valence-corrected chi connectivity index (χ2v) is 6.57. The monoisotopic (exact) mass is 271 g/mol. The molecule has 0 unspecified atom stereocenters. The average molecular weight is 272 g/mol. The van der Waals surface area contributed by atoms with Gasteiger partial charge in [0.15, 0.2) is 0 Å². The molecule has 17 heavy (non-hydrogen) atoms. The summed E-state index contributed by atoms with van der Waals surface area (Å²) in [5, 5.41) is 0.451. The molecule has 0 N–H and O–H groups in total. The van der Waals surface area contributed by atoms with Crippen molar-refractivity contribution >= 4 is 27.5 Å². The van der Waals surface area contributed by atoms with Gasteiger partial charge in [0.2, 0.25) is 5.91 Å². The first-order chi connectivity index (χ1) is 8.00. The minimum atomic E-state index is -3.66. The standard InChI is InChI=1S/C11H10ClNO3S/c12-8-1-4-10-7(5-8)6-11(14)13(9-2-3-9)17(10,15)16/h1,4-5,9H,2-3,6H2. The van der Waals surface area contributed by atoms with Crippen LogP contribution in [0.1, 0.15) is 18.4 Å². The maximum atomic E-state index is 12.3. The summed E-state index contributed by atoms with van der Waals surface area (Å²) in [6, 6.07) is 4.45. The highest BCUT2D eigenvalue weighted by molar-refractivity contribution is 7.89. The van der Waals surface area contributed by atoms with Crippen molar-refractivity contribution in [2.24, 2.45) is 0 Å². The molecule has 0 saturated heterocycles. The minimum Gasteiger partial charge on any atom is -0.273 e. The summed E-state index contributed by atoms with van der Waals surface area (Å²) in [6.07, 6.45) is 1.66. The van der Waals surface area contributed by atoms with Gasteiger partial charge in [0, 0.05) is 11.1 Å². The Morgan fingerprint density at radius 3 is 2.65 bits per heavy atom. The SMILES string of the molecule is O=C1Cc2cc(Cl)ccc2S(=O)(=O)N1C1CC1. The molecule has 1 amide bonds. The average Bonchev–Trinajstić information content (AvgIpc) is 2.99. The predicted molar refractivity (Wildman–Crippen MR) is 62.2 cm³/mol. The summed E-state index contributed by atoms with van der Waals surface area (Å²) in [7, 11) is -3.66. The number of fused-ring (bicyclic) bond motifs is 1. The summed E-state index contributed by atoms with van der Waals surface area (Å²) < 4.78 is 25.6. The van der Waals surface area contributed by atoms with Gasteiger partial charge in [-0.25, -0.2) is 12.7 Å². The highest BCUT2D eigenvalue weighted by Crippen LogP contribution is 2.37. The zero-order valence-electron chi connectivity index (χ0n) is 8.89. The van der Waals surface area contributed by atoms with E-state index >= 15 is 0 Å². The molecule has 0 atom stereocenters. The largest absolute Gasteiger partial charge is 0.273 e. The molecule has 1 saturated carbocycles. The molecular formula is C11H10ClNO3S. The lowest BCUT2D eigenvalue weighted by Crippen LogP contribution is -2.43. The van der Waals surface area contributed by atoms with Crippen LogP contribution in [0.25, 0.3) is 0 Å². The summed E-state index contributed by atoms with van der Waals surface area (Å²) >= 11 is 5.81. The topological polar surface area (TPSA) is 54.5 Å². The van der Waals surface area contributed by atoms with E-state index in [1.165, 1.54) is 6.07 Å². The van der Waals surface area contributed by atoms with Gasteiger partial charge in [-0.2, -0.15) is 0 Å². The van der Waals surface area contributed by atoms with Crippen LogP contribution in [-0.2, 0) is 21.2 Å². The number of benzene rings is 1. The van der Waals surface area contributed by atoms with E-state index in [9.17, 15) is 13.2 Å². The van der Waals surface area contributed by atoms with Crippen molar-refractivity contribution < 1.29 is 13.2 Å². The quantitative estimate of drug-likeness (QED) is 0.779. The first kappa shape index (κ1) is 11.0. The molecule has 1 fully saturated rings. The molecule has 0 bridgehead atoms. The first-order valence-electron chi connectivity index (χ1n) is 5.36. The predicted octanol–water partition coefficient (Wildman–Crippen LogP) is 1.58. The van der Waals surface area contributed by atoms with E-state index in [1.54, 1.807) is 12.1 Å². The third-order valence-corrected chi connectivity index (χ3v) is 5.23. The van der Waals surface area contributed by atoms with Gasteiger partial charge in [-0.15, -0.1) is 0 Å². The van der Waals surface area contributed by atoms with Gasteiger partial charge in [0.05, 0.1) is 11.3 Å². The number of halogens is 1. The Bertz CT molecular complexity index is 607. The number of nitrogens with zero attached hydrogens (tertiary/aromatic N) is 1. The van der Waals surface area contributed by atoms with Crippen molar-refractivity contribution in [1.82, 2.24) is 4.31 Å². The van der Waals surface area contributed by atoms with Gasteiger partial charge in [-0.1, -0.05) is 11.6 Å². The molecule has 0 aromatic heterocycles. The van der Waals surface area contributed by atoms with Crippen molar-refractivity contribution in [2.45, 2.75) is 30.2 Å². The Morgan fingerprint density at radius 2 is 2.00 bits per heavy atom. The van der Waals surface area contributed by atoms with Crippen LogP contribution in [0.4, 0.5) is 0 Å². The van der Waals surface area contributed by atoms with Crippen LogP contribution in [0.2, 0.25) is 5.02 Å². The highest BCUT2D eigenvalue weighted by Gasteiger charge is 2.45. The Kier molecular flexibility index (Phi) is 2.25. The molecule has 0 radical (unpaired) electrons. The van der Waals surface area contributed by atoms with Crippen LogP contribution in [-0.4, -0.2) is 24.7 Å². The molecule has 1 aliphatic heterocycles. The maximum absolute atomic E-state index is 12.3. The number of rotatable bonds is 1. The van der Waals surface area contributed by atoms with E-state index in [1.807, 2.05) is 0 Å². The van der Waals surface area contributed by atoms with Crippen molar-refractivity contribution in [2.75, 3.05) is 0 Å². The van der Waals surface area contributed by atoms with Gasteiger partial charge >= 0.3 is 0 Å². The molecule has 1 aromatic carbocycles. The van der Waals surface area contributed by atoms with E-state index < -0.39 is 10.0 Å². The van der Waals surface area contributed by atoms with Crippen molar-refractivity contribution in [3.05, 3.63) is 28.8 Å². The van der Waals surface area contributed by atoms with Crippen molar-refractivity contribution in [3.8, 4) is 0 Å². The fourth-order valence-electron chi connectivity index (χ4n) is 2.13. The minimum absolute atomic E-state index is 0.117. The number of carbonyl (C=O) groups is 1. The second kappa shape index (κ2) is 3.46. The molecule has 3 rings (SSSR count).